The zero-order chi connectivity index (χ0) is 20.5. The summed E-state index contributed by atoms with van der Waals surface area (Å²) in [6, 6.07) is 3.88. The van der Waals surface area contributed by atoms with Crippen molar-refractivity contribution in [1.82, 2.24) is 14.3 Å². The fourth-order valence-corrected chi connectivity index (χ4v) is 4.14. The number of fused-ring (bicyclic) bond motifs is 1. The van der Waals surface area contributed by atoms with Crippen LogP contribution in [-0.2, 0) is 30.8 Å². The first-order valence-electron chi connectivity index (χ1n) is 8.28. The van der Waals surface area contributed by atoms with E-state index in [2.05, 4.69) is 14.4 Å². The number of esters is 1. The Labute approximate surface area is 159 Å². The van der Waals surface area contributed by atoms with Gasteiger partial charge in [0.15, 0.2) is 0 Å². The van der Waals surface area contributed by atoms with Crippen molar-refractivity contribution in [2.45, 2.75) is 23.9 Å². The summed E-state index contributed by atoms with van der Waals surface area (Å²) in [5.41, 5.74) is -1.85. The van der Waals surface area contributed by atoms with Crippen LogP contribution in [0, 0.1) is 0 Å². The maximum Gasteiger partial charge on any atom is 0.330 e. The molecule has 2 heterocycles. The molecule has 0 atom stereocenters. The molecular weight excluding hydrogens is 390 g/mol. The summed E-state index contributed by atoms with van der Waals surface area (Å²) in [6.07, 6.45) is 2.39. The smallest absolute Gasteiger partial charge is 0.330 e. The molecule has 0 radical (unpaired) electrons. The lowest BCUT2D eigenvalue weighted by Gasteiger charge is -2.38. The summed E-state index contributed by atoms with van der Waals surface area (Å²) in [7, 11) is -2.68. The lowest BCUT2D eigenvalue weighted by molar-refractivity contribution is -0.134. The van der Waals surface area contributed by atoms with Crippen LogP contribution in [-0.4, -0.2) is 49.8 Å². The summed E-state index contributed by atoms with van der Waals surface area (Å²) in [5.74, 6) is -0.627. The first-order chi connectivity index (χ1) is 13.1. The normalized spacial score (nSPS) is 16.2. The van der Waals surface area contributed by atoms with Gasteiger partial charge in [-0.2, -0.15) is 0 Å². The second kappa shape index (κ2) is 7.34. The molecule has 0 saturated carbocycles. The first-order valence-corrected chi connectivity index (χ1v) is 9.77. The number of nitrogens with one attached hydrogen (secondary N) is 2. The molecule has 2 aromatic rings. The van der Waals surface area contributed by atoms with Gasteiger partial charge < -0.3 is 14.5 Å². The highest BCUT2D eigenvalue weighted by Gasteiger charge is 2.37. The van der Waals surface area contributed by atoms with E-state index in [4.69, 9.17) is 4.74 Å². The second-order valence-electron chi connectivity index (χ2n) is 6.64. The van der Waals surface area contributed by atoms with E-state index in [1.807, 2.05) is 0 Å². The number of ether oxygens (including phenoxy) is 2. The van der Waals surface area contributed by atoms with E-state index in [0.29, 0.717) is 0 Å². The zero-order valence-electron chi connectivity index (χ0n) is 15.2. The van der Waals surface area contributed by atoms with E-state index in [0.717, 1.165) is 10.6 Å². The van der Waals surface area contributed by atoms with Gasteiger partial charge in [-0.15, -0.1) is 0 Å². The Balaban J connectivity index is 2.01. The molecule has 3 rings (SSSR count). The summed E-state index contributed by atoms with van der Waals surface area (Å²) >= 11 is 0. The first kappa shape index (κ1) is 20.0. The number of H-pyrrole nitrogens is 1. The number of rotatable bonds is 6. The molecule has 1 aliphatic heterocycles. The molecule has 0 unspecified atom stereocenters. The minimum Gasteiger partial charge on any atom is -0.466 e. The molecule has 150 valence electrons. The number of methoxy groups -OCH3 is 1. The average Bonchev–Trinajstić information content (AvgIpc) is 2.62. The molecule has 0 aliphatic carbocycles. The molecule has 11 heteroatoms. The van der Waals surface area contributed by atoms with Crippen LogP contribution in [0.2, 0.25) is 0 Å². The van der Waals surface area contributed by atoms with E-state index in [-0.39, 0.29) is 35.6 Å². The summed E-state index contributed by atoms with van der Waals surface area (Å²) in [5, 5.41) is 0.0314. The molecule has 0 amide bonds. The van der Waals surface area contributed by atoms with E-state index in [9.17, 15) is 22.8 Å². The van der Waals surface area contributed by atoms with Crippen LogP contribution in [0.25, 0.3) is 10.9 Å². The maximum atomic E-state index is 12.7. The number of benzene rings is 1. The van der Waals surface area contributed by atoms with Gasteiger partial charge >= 0.3 is 11.7 Å². The number of nitrogens with zero attached hydrogens (tertiary/aromatic N) is 1. The minimum absolute atomic E-state index is 0.0314. The summed E-state index contributed by atoms with van der Waals surface area (Å²) in [4.78, 5) is 38.3. The van der Waals surface area contributed by atoms with Crippen molar-refractivity contribution in [3.05, 3.63) is 51.2 Å². The van der Waals surface area contributed by atoms with Crippen LogP contribution in [0.5, 0.6) is 0 Å². The second-order valence-corrected chi connectivity index (χ2v) is 8.32. The summed E-state index contributed by atoms with van der Waals surface area (Å²) in [6.45, 7) is 2.05. The highest BCUT2D eigenvalue weighted by molar-refractivity contribution is 7.89. The largest absolute Gasteiger partial charge is 0.466 e. The number of aromatic nitrogens is 2. The van der Waals surface area contributed by atoms with Crippen LogP contribution in [0.1, 0.15) is 6.92 Å². The number of aromatic amines is 1. The van der Waals surface area contributed by atoms with Gasteiger partial charge in [0, 0.05) is 12.6 Å². The number of hydrogen-bond acceptors (Lipinski definition) is 7. The molecule has 1 aliphatic rings. The fourth-order valence-electron chi connectivity index (χ4n) is 2.74. The van der Waals surface area contributed by atoms with Gasteiger partial charge in [0.05, 0.1) is 41.7 Å². The van der Waals surface area contributed by atoms with Crippen LogP contribution in [0.4, 0.5) is 0 Å². The third kappa shape index (κ3) is 3.91. The minimum atomic E-state index is -3.89. The van der Waals surface area contributed by atoms with Gasteiger partial charge in [0.1, 0.15) is 0 Å². The molecule has 28 heavy (non-hydrogen) atoms. The molecule has 0 bridgehead atoms. The van der Waals surface area contributed by atoms with Crippen LogP contribution < -0.4 is 16.0 Å². The van der Waals surface area contributed by atoms with Crippen molar-refractivity contribution >= 4 is 26.9 Å². The average molecular weight is 409 g/mol. The van der Waals surface area contributed by atoms with Crippen molar-refractivity contribution < 1.29 is 22.7 Å². The molecule has 1 aromatic heterocycles. The Hall–Kier alpha value is -2.76. The SMILES string of the molecule is COC(=O)/C=C/Cn1c(=O)[nH]c2ccc(S(=O)(=O)NC3(C)COC3)cc2c1=O. The quantitative estimate of drug-likeness (QED) is 0.484. The van der Waals surface area contributed by atoms with Gasteiger partial charge in [0.25, 0.3) is 5.56 Å². The lowest BCUT2D eigenvalue weighted by atomic mass is 10.0. The van der Waals surface area contributed by atoms with E-state index < -0.39 is 32.8 Å². The maximum absolute atomic E-state index is 12.7. The molecule has 1 fully saturated rings. The van der Waals surface area contributed by atoms with Crippen molar-refractivity contribution in [2.75, 3.05) is 20.3 Å². The van der Waals surface area contributed by atoms with Gasteiger partial charge in [-0.3, -0.25) is 9.36 Å². The van der Waals surface area contributed by atoms with Gasteiger partial charge in [-0.05, 0) is 25.1 Å². The Kier molecular flexibility index (Phi) is 5.24. The number of allylic oxidation sites excluding steroid dienone is 1. The molecule has 0 spiro atoms. The Bertz CT molecular complexity index is 1170. The number of carbonyl (C=O) groups excluding carboxylic acids is 1. The number of carbonyl (C=O) groups is 1. The predicted octanol–water partition coefficient (Wildman–Crippen LogP) is -0.514. The Morgan fingerprint density at radius 1 is 1.39 bits per heavy atom. The number of hydrogen-bond donors (Lipinski definition) is 2. The van der Waals surface area contributed by atoms with Crippen LogP contribution in [0.15, 0.2) is 44.8 Å². The molecule has 10 nitrogen and oxygen atoms in total. The van der Waals surface area contributed by atoms with E-state index in [1.54, 1.807) is 6.92 Å². The van der Waals surface area contributed by atoms with Crippen molar-refractivity contribution in [3.8, 4) is 0 Å². The van der Waals surface area contributed by atoms with Crippen LogP contribution in [0.3, 0.4) is 0 Å². The molecule has 1 saturated heterocycles. The summed E-state index contributed by atoms with van der Waals surface area (Å²) < 4.78 is 38.1. The highest BCUT2D eigenvalue weighted by atomic mass is 32.2. The van der Waals surface area contributed by atoms with Gasteiger partial charge in [-0.1, -0.05) is 6.08 Å². The predicted molar refractivity (Wildman–Crippen MR) is 99.5 cm³/mol. The van der Waals surface area contributed by atoms with Crippen molar-refractivity contribution in [1.29, 1.82) is 0 Å². The zero-order valence-corrected chi connectivity index (χ0v) is 16.0. The fraction of sp³-hybridized carbons (Fsp3) is 0.353. The topological polar surface area (TPSA) is 137 Å². The molecule has 2 N–H and O–H groups in total. The highest BCUT2D eigenvalue weighted by Crippen LogP contribution is 2.21. The Morgan fingerprint density at radius 2 is 2.11 bits per heavy atom. The van der Waals surface area contributed by atoms with Crippen molar-refractivity contribution in [3.63, 3.8) is 0 Å². The standard InChI is InChI=1S/C17H19N3O7S/c1-17(9-27-10-17)19-28(24,25)11-5-6-13-12(8-11)15(22)20(16(23)18-13)7-3-4-14(21)26-2/h3-6,8,19H,7,9-10H2,1-2H3,(H,18,23)/b4-3+. The van der Waals surface area contributed by atoms with Crippen molar-refractivity contribution in [2.24, 2.45) is 0 Å². The van der Waals surface area contributed by atoms with E-state index >= 15 is 0 Å². The third-order valence-corrected chi connectivity index (χ3v) is 5.86. The number of sulfonamides is 1. The molecular formula is C17H19N3O7S. The Morgan fingerprint density at radius 3 is 2.71 bits per heavy atom. The molecule has 1 aromatic carbocycles. The van der Waals surface area contributed by atoms with Crippen LogP contribution >= 0.6 is 0 Å². The van der Waals surface area contributed by atoms with Gasteiger partial charge in [-0.25, -0.2) is 22.7 Å². The monoisotopic (exact) mass is 409 g/mol. The lowest BCUT2D eigenvalue weighted by Crippen LogP contribution is -2.59. The van der Waals surface area contributed by atoms with Gasteiger partial charge in [0.2, 0.25) is 10.0 Å². The van der Waals surface area contributed by atoms with E-state index in [1.165, 1.54) is 31.4 Å². The third-order valence-electron chi connectivity index (χ3n) is 4.23.